The van der Waals surface area contributed by atoms with E-state index in [1.807, 2.05) is 0 Å². The van der Waals surface area contributed by atoms with Crippen LogP contribution in [-0.4, -0.2) is 22.5 Å². The quantitative estimate of drug-likeness (QED) is 0.397. The van der Waals surface area contributed by atoms with Crippen molar-refractivity contribution in [3.8, 4) is 0 Å². The molecule has 0 atom stereocenters. The summed E-state index contributed by atoms with van der Waals surface area (Å²) in [5, 5.41) is 0.252. The van der Waals surface area contributed by atoms with Crippen molar-refractivity contribution in [3.63, 3.8) is 0 Å². The molecule has 3 rings (SSSR count). The number of hydrogen-bond acceptors (Lipinski definition) is 1. The van der Waals surface area contributed by atoms with Gasteiger partial charge in [0.1, 0.15) is 5.82 Å². The summed E-state index contributed by atoms with van der Waals surface area (Å²) >= 11 is 5.95. The Hall–Kier alpha value is -0.383. The topological polar surface area (TPSA) is 9.23 Å². The number of rotatable bonds is 6. The minimum absolute atomic E-state index is 0.188. The molecule has 1 aliphatic heterocycles. The molecule has 139 valence electrons. The Bertz CT molecular complexity index is 551. The van der Waals surface area contributed by atoms with Crippen LogP contribution in [0.4, 0.5) is 4.39 Å². The van der Waals surface area contributed by atoms with Crippen LogP contribution in [0.25, 0.3) is 0 Å². The Morgan fingerprint density at radius 2 is 1.92 bits per heavy atom. The van der Waals surface area contributed by atoms with Crippen molar-refractivity contribution < 1.29 is 9.13 Å². The summed E-state index contributed by atoms with van der Waals surface area (Å²) in [7, 11) is 1.61. The van der Waals surface area contributed by atoms with Gasteiger partial charge in [-0.25, -0.2) is 4.39 Å². The highest BCUT2D eigenvalue weighted by molar-refractivity contribution is 6.59. The van der Waals surface area contributed by atoms with Gasteiger partial charge in [0.2, 0.25) is 0 Å². The third kappa shape index (κ3) is 4.48. The average Bonchev–Trinajstić information content (AvgIpc) is 2.65. The monoisotopic (exact) mass is 381 g/mol. The van der Waals surface area contributed by atoms with Gasteiger partial charge in [0.25, 0.3) is 0 Å². The van der Waals surface area contributed by atoms with E-state index in [1.54, 1.807) is 19.2 Å². The molecule has 0 unspecified atom stereocenters. The van der Waals surface area contributed by atoms with Crippen LogP contribution in [0.5, 0.6) is 0 Å². The Kier molecular flexibility index (Phi) is 6.98. The Balaban J connectivity index is 1.72. The van der Waals surface area contributed by atoms with Crippen molar-refractivity contribution >= 4 is 20.4 Å². The van der Waals surface area contributed by atoms with Crippen LogP contribution >= 0.6 is 11.6 Å². The largest absolute Gasteiger partial charge is 0.385 e. The van der Waals surface area contributed by atoms with E-state index in [1.165, 1.54) is 75.1 Å². The molecule has 2 fully saturated rings. The lowest BCUT2D eigenvalue weighted by molar-refractivity contribution is 0.173. The van der Waals surface area contributed by atoms with Crippen LogP contribution in [-0.2, 0) is 10.2 Å². The fourth-order valence-corrected chi connectivity index (χ4v) is 8.24. The molecule has 0 amide bonds. The lowest BCUT2D eigenvalue weighted by Crippen LogP contribution is -2.40. The van der Waals surface area contributed by atoms with Crippen LogP contribution in [0.3, 0.4) is 0 Å². The minimum Gasteiger partial charge on any atom is -0.385 e. The third-order valence-electron chi connectivity index (χ3n) is 6.59. The SMILES string of the molecule is COCCC[Si]1CCC(C2(c3ccc(Cl)c(F)c3)CCCCC2)CC1. The van der Waals surface area contributed by atoms with Crippen molar-refractivity contribution in [3.05, 3.63) is 34.6 Å². The van der Waals surface area contributed by atoms with Gasteiger partial charge in [-0.1, -0.05) is 67.9 Å². The summed E-state index contributed by atoms with van der Waals surface area (Å²) in [5.41, 5.74) is 1.41. The Morgan fingerprint density at radius 3 is 2.56 bits per heavy atom. The molecule has 1 saturated heterocycles. The Labute approximate surface area is 158 Å². The molecule has 0 bridgehead atoms. The van der Waals surface area contributed by atoms with E-state index >= 15 is 0 Å². The second kappa shape index (κ2) is 9.01. The zero-order valence-corrected chi connectivity index (χ0v) is 17.2. The predicted molar refractivity (Wildman–Crippen MR) is 106 cm³/mol. The lowest BCUT2D eigenvalue weighted by atomic mass is 9.60. The molecule has 1 radical (unpaired) electrons. The van der Waals surface area contributed by atoms with E-state index in [0.29, 0.717) is 0 Å². The van der Waals surface area contributed by atoms with Crippen molar-refractivity contribution in [2.75, 3.05) is 13.7 Å². The average molecular weight is 382 g/mol. The zero-order chi connectivity index (χ0) is 17.7. The number of ether oxygens (including phenoxy) is 1. The minimum atomic E-state index is -0.246. The van der Waals surface area contributed by atoms with Crippen molar-refractivity contribution in [2.24, 2.45) is 5.92 Å². The number of halogens is 2. The van der Waals surface area contributed by atoms with Crippen molar-refractivity contribution in [2.45, 2.75) is 74.9 Å². The summed E-state index contributed by atoms with van der Waals surface area (Å²) in [6, 6.07) is 9.87. The number of benzene rings is 1. The maximum absolute atomic E-state index is 14.2. The maximum Gasteiger partial charge on any atom is 0.142 e. The van der Waals surface area contributed by atoms with Gasteiger partial charge < -0.3 is 4.74 Å². The molecule has 1 aromatic rings. The van der Waals surface area contributed by atoms with Gasteiger partial charge in [0, 0.05) is 22.5 Å². The molecular formula is C21H31ClFOSi. The summed E-state index contributed by atoms with van der Waals surface area (Å²) < 4.78 is 19.4. The molecule has 1 heterocycles. The van der Waals surface area contributed by atoms with Crippen molar-refractivity contribution in [1.82, 2.24) is 0 Å². The molecule has 1 aromatic carbocycles. The zero-order valence-electron chi connectivity index (χ0n) is 15.5. The molecule has 1 nitrogen and oxygen atoms in total. The van der Waals surface area contributed by atoms with Gasteiger partial charge in [-0.2, -0.15) is 0 Å². The summed E-state index contributed by atoms with van der Waals surface area (Å²) in [6.07, 6.45) is 10.3. The summed E-state index contributed by atoms with van der Waals surface area (Å²) in [6.45, 7) is 0.908. The fraction of sp³-hybridized carbons (Fsp3) is 0.714. The second-order valence-electron chi connectivity index (χ2n) is 7.97. The highest BCUT2D eigenvalue weighted by Gasteiger charge is 2.42. The van der Waals surface area contributed by atoms with E-state index < -0.39 is 0 Å². The van der Waals surface area contributed by atoms with Gasteiger partial charge in [-0.05, 0) is 48.3 Å². The highest BCUT2D eigenvalue weighted by atomic mass is 35.5. The molecule has 1 aliphatic carbocycles. The number of methoxy groups -OCH3 is 1. The number of hydrogen-bond donors (Lipinski definition) is 0. The van der Waals surface area contributed by atoms with E-state index in [4.69, 9.17) is 16.3 Å². The maximum atomic E-state index is 14.2. The molecule has 0 aromatic heterocycles. The van der Waals surface area contributed by atoms with Gasteiger partial charge in [-0.3, -0.25) is 0 Å². The predicted octanol–water partition coefficient (Wildman–Crippen LogP) is 6.62. The van der Waals surface area contributed by atoms with E-state index in [2.05, 4.69) is 6.07 Å². The summed E-state index contributed by atoms with van der Waals surface area (Å²) in [4.78, 5) is 0. The van der Waals surface area contributed by atoms with Crippen molar-refractivity contribution in [1.29, 1.82) is 0 Å². The van der Waals surface area contributed by atoms with Gasteiger partial charge >= 0.3 is 0 Å². The summed E-state index contributed by atoms with van der Waals surface area (Å²) in [5.74, 6) is 0.480. The van der Waals surface area contributed by atoms with Crippen LogP contribution in [0.2, 0.25) is 23.2 Å². The first-order chi connectivity index (χ1) is 12.2. The first-order valence-corrected chi connectivity index (χ1v) is 12.4. The molecule has 1 saturated carbocycles. The van der Waals surface area contributed by atoms with Crippen LogP contribution in [0.1, 0.15) is 56.9 Å². The molecule has 25 heavy (non-hydrogen) atoms. The van der Waals surface area contributed by atoms with Crippen LogP contribution < -0.4 is 0 Å². The Morgan fingerprint density at radius 1 is 1.20 bits per heavy atom. The fourth-order valence-electron chi connectivity index (χ4n) is 5.22. The second-order valence-corrected chi connectivity index (χ2v) is 11.4. The lowest BCUT2D eigenvalue weighted by Gasteiger charge is -2.47. The first kappa shape index (κ1) is 19.4. The molecule has 4 heteroatoms. The van der Waals surface area contributed by atoms with E-state index in [9.17, 15) is 4.39 Å². The van der Waals surface area contributed by atoms with E-state index in [0.717, 1.165) is 12.5 Å². The molecular weight excluding hydrogens is 351 g/mol. The van der Waals surface area contributed by atoms with Gasteiger partial charge in [-0.15, -0.1) is 0 Å². The van der Waals surface area contributed by atoms with E-state index in [-0.39, 0.29) is 25.1 Å². The van der Waals surface area contributed by atoms with Gasteiger partial charge in [0.15, 0.2) is 0 Å². The third-order valence-corrected chi connectivity index (χ3v) is 9.95. The normalized spacial score (nSPS) is 22.2. The van der Waals surface area contributed by atoms with Gasteiger partial charge in [0.05, 0.1) is 5.02 Å². The molecule has 0 N–H and O–H groups in total. The smallest absolute Gasteiger partial charge is 0.142 e. The highest BCUT2D eigenvalue weighted by Crippen LogP contribution is 2.50. The van der Waals surface area contributed by atoms with Crippen LogP contribution in [0, 0.1) is 11.7 Å². The molecule has 2 aliphatic rings. The van der Waals surface area contributed by atoms with Crippen LogP contribution in [0.15, 0.2) is 18.2 Å². The standard InChI is InChI=1S/C21H31ClFOSi/c1-24-12-5-13-25-14-8-17(9-15-25)21(10-3-2-4-11-21)18-6-7-19(22)20(23)16-18/h6-7,16-17H,2-5,8-15H2,1H3. The first-order valence-electron chi connectivity index (χ1n) is 9.94. The molecule has 0 spiro atoms.